The highest BCUT2D eigenvalue weighted by Gasteiger charge is 2.12. The molecule has 1 aliphatic heterocycles. The van der Waals surface area contributed by atoms with E-state index >= 15 is 0 Å². The van der Waals surface area contributed by atoms with Crippen molar-refractivity contribution in [2.24, 2.45) is 0 Å². The lowest BCUT2D eigenvalue weighted by molar-refractivity contribution is 0.0936. The van der Waals surface area contributed by atoms with Crippen molar-refractivity contribution >= 4 is 11.6 Å². The molecule has 0 aromatic heterocycles. The van der Waals surface area contributed by atoms with E-state index in [4.69, 9.17) is 15.2 Å². The molecule has 1 saturated heterocycles. The van der Waals surface area contributed by atoms with Gasteiger partial charge in [-0.3, -0.25) is 9.69 Å². The van der Waals surface area contributed by atoms with Gasteiger partial charge in [-0.2, -0.15) is 0 Å². The number of nitrogens with one attached hydrogen (secondary N) is 1. The molecule has 0 aliphatic carbocycles. The number of likely N-dealkylation sites (tertiary alicyclic amines) is 1. The molecule has 0 spiro atoms. The van der Waals surface area contributed by atoms with E-state index in [-0.39, 0.29) is 5.91 Å². The second kappa shape index (κ2) is 8.60. The van der Waals surface area contributed by atoms with Crippen LogP contribution >= 0.6 is 0 Å². The molecule has 1 aromatic carbocycles. The number of benzene rings is 1. The molecular formula is C16H25N3O3. The van der Waals surface area contributed by atoms with Gasteiger partial charge >= 0.3 is 0 Å². The van der Waals surface area contributed by atoms with Gasteiger partial charge in [0.05, 0.1) is 12.3 Å². The largest absolute Gasteiger partial charge is 0.490 e. The maximum Gasteiger partial charge on any atom is 0.251 e. The van der Waals surface area contributed by atoms with Gasteiger partial charge in [-0.15, -0.1) is 0 Å². The Morgan fingerprint density at radius 2 is 2.09 bits per heavy atom. The van der Waals surface area contributed by atoms with Gasteiger partial charge in [0.25, 0.3) is 5.91 Å². The molecule has 6 heteroatoms. The highest BCUT2D eigenvalue weighted by atomic mass is 16.5. The average molecular weight is 307 g/mol. The SMILES string of the molecule is COCCNC(=O)c1ccc(N)c(OCCN2CCCC2)c1. The Morgan fingerprint density at radius 1 is 1.32 bits per heavy atom. The summed E-state index contributed by atoms with van der Waals surface area (Å²) in [6.07, 6.45) is 2.53. The number of nitrogen functional groups attached to an aromatic ring is 1. The molecule has 1 fully saturated rings. The minimum atomic E-state index is -0.151. The lowest BCUT2D eigenvalue weighted by Crippen LogP contribution is -2.27. The minimum absolute atomic E-state index is 0.151. The number of anilines is 1. The van der Waals surface area contributed by atoms with Crippen molar-refractivity contribution in [1.82, 2.24) is 10.2 Å². The third-order valence-corrected chi connectivity index (χ3v) is 3.73. The number of methoxy groups -OCH3 is 1. The smallest absolute Gasteiger partial charge is 0.251 e. The molecule has 1 aromatic rings. The van der Waals surface area contributed by atoms with Crippen LogP contribution in [0.3, 0.4) is 0 Å². The lowest BCUT2D eigenvalue weighted by Gasteiger charge is -2.16. The third kappa shape index (κ3) is 4.89. The van der Waals surface area contributed by atoms with Crippen LogP contribution in [0, 0.1) is 0 Å². The number of carbonyl (C=O) groups is 1. The molecule has 6 nitrogen and oxygen atoms in total. The quantitative estimate of drug-likeness (QED) is 0.556. The van der Waals surface area contributed by atoms with Crippen LogP contribution in [0.15, 0.2) is 18.2 Å². The van der Waals surface area contributed by atoms with Crippen LogP contribution in [0.25, 0.3) is 0 Å². The first-order valence-corrected chi connectivity index (χ1v) is 7.72. The van der Waals surface area contributed by atoms with Crippen molar-refractivity contribution in [1.29, 1.82) is 0 Å². The van der Waals surface area contributed by atoms with Crippen LogP contribution in [-0.2, 0) is 4.74 Å². The van der Waals surface area contributed by atoms with Crippen LogP contribution < -0.4 is 15.8 Å². The number of carbonyl (C=O) groups excluding carboxylic acids is 1. The summed E-state index contributed by atoms with van der Waals surface area (Å²) in [7, 11) is 1.60. The molecule has 0 atom stereocenters. The summed E-state index contributed by atoms with van der Waals surface area (Å²) in [5.41, 5.74) is 7.01. The molecule has 0 bridgehead atoms. The van der Waals surface area contributed by atoms with E-state index in [1.54, 1.807) is 25.3 Å². The zero-order valence-corrected chi connectivity index (χ0v) is 13.1. The van der Waals surface area contributed by atoms with Gasteiger partial charge in [-0.25, -0.2) is 0 Å². The molecule has 2 rings (SSSR count). The predicted octanol–water partition coefficient (Wildman–Crippen LogP) is 1.12. The third-order valence-electron chi connectivity index (χ3n) is 3.73. The van der Waals surface area contributed by atoms with Gasteiger partial charge in [0.15, 0.2) is 0 Å². The number of ether oxygens (including phenoxy) is 2. The zero-order chi connectivity index (χ0) is 15.8. The summed E-state index contributed by atoms with van der Waals surface area (Å²) in [6, 6.07) is 5.10. The van der Waals surface area contributed by atoms with Gasteiger partial charge in [-0.05, 0) is 44.1 Å². The normalized spacial score (nSPS) is 15.0. The maximum atomic E-state index is 12.0. The first kappa shape index (κ1) is 16.6. The van der Waals surface area contributed by atoms with Crippen molar-refractivity contribution in [3.05, 3.63) is 23.8 Å². The Balaban J connectivity index is 1.86. The molecule has 1 amide bonds. The monoisotopic (exact) mass is 307 g/mol. The van der Waals surface area contributed by atoms with Crippen molar-refractivity contribution < 1.29 is 14.3 Å². The van der Waals surface area contributed by atoms with Crippen LogP contribution in [0.1, 0.15) is 23.2 Å². The van der Waals surface area contributed by atoms with Crippen LogP contribution in [0.4, 0.5) is 5.69 Å². The van der Waals surface area contributed by atoms with E-state index in [2.05, 4.69) is 10.2 Å². The van der Waals surface area contributed by atoms with Crippen molar-refractivity contribution in [3.8, 4) is 5.75 Å². The summed E-state index contributed by atoms with van der Waals surface area (Å²) in [5, 5.41) is 2.78. The highest BCUT2D eigenvalue weighted by molar-refractivity contribution is 5.95. The van der Waals surface area contributed by atoms with Crippen LogP contribution in [0.2, 0.25) is 0 Å². The highest BCUT2D eigenvalue weighted by Crippen LogP contribution is 2.23. The molecule has 1 heterocycles. The van der Waals surface area contributed by atoms with Crippen molar-refractivity contribution in [2.45, 2.75) is 12.8 Å². The Morgan fingerprint density at radius 3 is 2.82 bits per heavy atom. The molecule has 3 N–H and O–H groups in total. The number of hydrogen-bond acceptors (Lipinski definition) is 5. The fourth-order valence-corrected chi connectivity index (χ4v) is 2.46. The zero-order valence-electron chi connectivity index (χ0n) is 13.1. The Hall–Kier alpha value is -1.79. The Bertz CT molecular complexity index is 488. The second-order valence-electron chi connectivity index (χ2n) is 5.40. The molecule has 0 unspecified atom stereocenters. The summed E-state index contributed by atoms with van der Waals surface area (Å²) < 4.78 is 10.7. The number of rotatable bonds is 8. The molecule has 0 radical (unpaired) electrons. The first-order valence-electron chi connectivity index (χ1n) is 7.72. The van der Waals surface area contributed by atoms with E-state index in [0.29, 0.717) is 36.8 Å². The standard InChI is InChI=1S/C16H25N3O3/c1-21-10-6-18-16(20)13-4-5-14(17)15(12-13)22-11-9-19-7-2-3-8-19/h4-5,12H,2-3,6-11,17H2,1H3,(H,18,20). The molecule has 122 valence electrons. The molecule has 1 aliphatic rings. The number of nitrogens with two attached hydrogens (primary N) is 1. The van der Waals surface area contributed by atoms with Crippen LogP contribution in [0.5, 0.6) is 5.75 Å². The van der Waals surface area contributed by atoms with Gasteiger partial charge in [-0.1, -0.05) is 0 Å². The molecule has 22 heavy (non-hydrogen) atoms. The summed E-state index contributed by atoms with van der Waals surface area (Å²) >= 11 is 0. The Kier molecular flexibility index (Phi) is 6.48. The minimum Gasteiger partial charge on any atom is -0.490 e. The first-order chi connectivity index (χ1) is 10.7. The Labute approximate surface area is 131 Å². The number of amides is 1. The van der Waals surface area contributed by atoms with E-state index in [1.165, 1.54) is 12.8 Å². The predicted molar refractivity (Wildman–Crippen MR) is 86.2 cm³/mol. The summed E-state index contributed by atoms with van der Waals surface area (Å²) in [6.45, 7) is 4.72. The van der Waals surface area contributed by atoms with Gasteiger partial charge in [0.1, 0.15) is 12.4 Å². The lowest BCUT2D eigenvalue weighted by atomic mass is 10.2. The number of nitrogens with zero attached hydrogens (tertiary/aromatic N) is 1. The molecule has 0 saturated carbocycles. The topological polar surface area (TPSA) is 76.8 Å². The molecular weight excluding hydrogens is 282 g/mol. The van der Waals surface area contributed by atoms with Crippen LogP contribution in [-0.4, -0.2) is 57.3 Å². The summed E-state index contributed by atoms with van der Waals surface area (Å²) in [4.78, 5) is 14.4. The van der Waals surface area contributed by atoms with E-state index in [1.807, 2.05) is 0 Å². The van der Waals surface area contributed by atoms with Gasteiger partial charge in [0.2, 0.25) is 0 Å². The fraction of sp³-hybridized carbons (Fsp3) is 0.562. The average Bonchev–Trinajstić information content (AvgIpc) is 3.02. The van der Waals surface area contributed by atoms with Gasteiger partial charge in [0, 0.05) is 25.8 Å². The second-order valence-corrected chi connectivity index (χ2v) is 5.40. The maximum absolute atomic E-state index is 12.0. The summed E-state index contributed by atoms with van der Waals surface area (Å²) in [5.74, 6) is 0.417. The van der Waals surface area contributed by atoms with Gasteiger partial charge < -0.3 is 20.5 Å². The fourth-order valence-electron chi connectivity index (χ4n) is 2.46. The van der Waals surface area contributed by atoms with E-state index in [0.717, 1.165) is 19.6 Å². The van der Waals surface area contributed by atoms with Crippen molar-refractivity contribution in [2.75, 3.05) is 52.2 Å². The van der Waals surface area contributed by atoms with Crippen molar-refractivity contribution in [3.63, 3.8) is 0 Å². The number of hydrogen-bond donors (Lipinski definition) is 2. The van der Waals surface area contributed by atoms with E-state index in [9.17, 15) is 4.79 Å². The van der Waals surface area contributed by atoms with E-state index < -0.39 is 0 Å².